The van der Waals surface area contributed by atoms with Gasteiger partial charge < -0.3 is 15.1 Å². The van der Waals surface area contributed by atoms with E-state index in [0.717, 1.165) is 22.4 Å². The number of aliphatic hydroxyl groups excluding tert-OH is 1. The zero-order chi connectivity index (χ0) is 25.9. The second kappa shape index (κ2) is 10.7. The second-order valence-electron chi connectivity index (χ2n) is 8.62. The molecule has 0 saturated carbocycles. The van der Waals surface area contributed by atoms with Crippen molar-refractivity contribution in [1.29, 1.82) is 5.26 Å². The predicted molar refractivity (Wildman–Crippen MR) is 145 cm³/mol. The molecule has 4 aromatic rings. The fourth-order valence-corrected chi connectivity index (χ4v) is 5.81. The van der Waals surface area contributed by atoms with Crippen molar-refractivity contribution in [2.45, 2.75) is 17.4 Å². The van der Waals surface area contributed by atoms with Gasteiger partial charge in [-0.15, -0.1) is 11.8 Å². The Morgan fingerprint density at radius 2 is 1.73 bits per heavy atom. The summed E-state index contributed by atoms with van der Waals surface area (Å²) >= 11 is 7.36. The largest absolute Gasteiger partial charge is 0.508 e. The number of rotatable bonds is 7. The van der Waals surface area contributed by atoms with Crippen molar-refractivity contribution in [3.05, 3.63) is 113 Å². The van der Waals surface area contributed by atoms with E-state index < -0.39 is 11.4 Å². The lowest BCUT2D eigenvalue weighted by molar-refractivity contribution is -0.123. The molecule has 2 N–H and O–H groups in total. The summed E-state index contributed by atoms with van der Waals surface area (Å²) in [6.07, 6.45) is 0.904. The smallest absolute Gasteiger partial charge is 0.243 e. The molecule has 2 heterocycles. The quantitative estimate of drug-likeness (QED) is 0.290. The van der Waals surface area contributed by atoms with Crippen molar-refractivity contribution in [1.82, 2.24) is 4.98 Å². The maximum Gasteiger partial charge on any atom is 0.243 e. The van der Waals surface area contributed by atoms with Gasteiger partial charge in [0, 0.05) is 28.2 Å². The molecule has 1 aliphatic rings. The molecule has 37 heavy (non-hydrogen) atoms. The van der Waals surface area contributed by atoms with Crippen LogP contribution in [0.4, 0.5) is 5.69 Å². The van der Waals surface area contributed by atoms with E-state index in [4.69, 9.17) is 11.6 Å². The number of thioether (sulfide) groups is 1. The van der Waals surface area contributed by atoms with E-state index in [0.29, 0.717) is 22.0 Å². The Bertz CT molecular complexity index is 1450. The summed E-state index contributed by atoms with van der Waals surface area (Å²) in [5.74, 6) is 0.432. The minimum absolute atomic E-state index is 0.0605. The summed E-state index contributed by atoms with van der Waals surface area (Å²) in [6.45, 7) is 0. The molecule has 3 aromatic carbocycles. The van der Waals surface area contributed by atoms with Crippen LogP contribution in [0.5, 0.6) is 5.75 Å². The molecular weight excluding hydrogens is 506 g/mol. The molecule has 0 unspecified atom stereocenters. The molecule has 5 rings (SSSR count). The molecule has 1 fully saturated rings. The number of phenolic OH excluding ortho intramolecular Hbond substituents is 1. The Morgan fingerprint density at radius 3 is 2.41 bits per heavy atom. The molecule has 0 bridgehead atoms. The SMILES string of the molecule is N#Cc1cccnc1-c1ccc(N2C(=O)[C@H](SC[C@H](O)c3ccc(Cl)cc3)[C@H]2c2ccc(O)cc2)cc1. The first-order chi connectivity index (χ1) is 18.0. The molecule has 1 aliphatic heterocycles. The average Bonchev–Trinajstić information content (AvgIpc) is 2.93. The molecular formula is C29H22ClN3O3S. The van der Waals surface area contributed by atoms with Crippen LogP contribution in [-0.4, -0.2) is 32.1 Å². The highest BCUT2D eigenvalue weighted by Gasteiger charge is 2.49. The van der Waals surface area contributed by atoms with Crippen LogP contribution in [0.25, 0.3) is 11.3 Å². The lowest BCUT2D eigenvalue weighted by atomic mass is 9.92. The van der Waals surface area contributed by atoms with Gasteiger partial charge in [-0.05, 0) is 59.7 Å². The molecule has 1 saturated heterocycles. The van der Waals surface area contributed by atoms with E-state index >= 15 is 0 Å². The number of amides is 1. The van der Waals surface area contributed by atoms with Gasteiger partial charge in [-0.1, -0.05) is 48.0 Å². The number of aromatic hydroxyl groups is 1. The number of carbonyl (C=O) groups is 1. The topological polar surface area (TPSA) is 97.5 Å². The van der Waals surface area contributed by atoms with Crippen molar-refractivity contribution in [2.75, 3.05) is 10.7 Å². The number of nitriles is 1. The van der Waals surface area contributed by atoms with E-state index in [1.807, 2.05) is 36.4 Å². The van der Waals surface area contributed by atoms with Crippen molar-refractivity contribution < 1.29 is 15.0 Å². The Kier molecular flexibility index (Phi) is 7.15. The molecule has 1 aromatic heterocycles. The van der Waals surface area contributed by atoms with Gasteiger partial charge in [-0.3, -0.25) is 9.78 Å². The van der Waals surface area contributed by atoms with Crippen LogP contribution in [0.3, 0.4) is 0 Å². The van der Waals surface area contributed by atoms with E-state index in [-0.39, 0.29) is 17.7 Å². The standard InChI is InChI=1S/C29H22ClN3O3S/c30-22-9-3-18(4-10-22)25(35)17-37-28-27(20-7-13-24(34)14-8-20)33(29(28)36)23-11-5-19(6-12-23)26-21(16-31)2-1-15-32-26/h1-15,25,27-28,34-35H,17H2/t25-,27+,28+/m0/s1. The van der Waals surface area contributed by atoms with Crippen molar-refractivity contribution >= 4 is 35.0 Å². The van der Waals surface area contributed by atoms with Gasteiger partial charge in [0.1, 0.15) is 17.1 Å². The lowest BCUT2D eigenvalue weighted by Gasteiger charge is -2.47. The Balaban J connectivity index is 1.39. The minimum atomic E-state index is -0.739. The van der Waals surface area contributed by atoms with Crippen LogP contribution in [-0.2, 0) is 4.79 Å². The number of carbonyl (C=O) groups excluding carboxylic acids is 1. The number of hydrogen-bond donors (Lipinski definition) is 2. The van der Waals surface area contributed by atoms with Crippen LogP contribution in [0.15, 0.2) is 91.1 Å². The van der Waals surface area contributed by atoms with Crippen LogP contribution >= 0.6 is 23.4 Å². The highest BCUT2D eigenvalue weighted by atomic mass is 35.5. The molecule has 0 aliphatic carbocycles. The number of phenols is 1. The number of anilines is 1. The number of benzene rings is 3. The van der Waals surface area contributed by atoms with Gasteiger partial charge >= 0.3 is 0 Å². The zero-order valence-electron chi connectivity index (χ0n) is 19.5. The highest BCUT2D eigenvalue weighted by Crippen LogP contribution is 2.46. The van der Waals surface area contributed by atoms with Gasteiger partial charge in [0.05, 0.1) is 23.4 Å². The fraction of sp³-hybridized carbons (Fsp3) is 0.138. The normalized spacial score (nSPS) is 17.6. The van der Waals surface area contributed by atoms with Gasteiger partial charge in [0.2, 0.25) is 5.91 Å². The third-order valence-corrected chi connectivity index (χ3v) is 7.89. The van der Waals surface area contributed by atoms with Crippen molar-refractivity contribution in [3.63, 3.8) is 0 Å². The van der Waals surface area contributed by atoms with E-state index in [9.17, 15) is 20.3 Å². The summed E-state index contributed by atoms with van der Waals surface area (Å²) in [7, 11) is 0. The second-order valence-corrected chi connectivity index (χ2v) is 10.2. The summed E-state index contributed by atoms with van der Waals surface area (Å²) in [4.78, 5) is 19.4. The van der Waals surface area contributed by atoms with Gasteiger partial charge in [0.25, 0.3) is 0 Å². The highest BCUT2D eigenvalue weighted by molar-refractivity contribution is 8.00. The van der Waals surface area contributed by atoms with Crippen LogP contribution < -0.4 is 4.90 Å². The van der Waals surface area contributed by atoms with Crippen molar-refractivity contribution in [3.8, 4) is 23.1 Å². The number of aliphatic hydroxyl groups is 1. The van der Waals surface area contributed by atoms with Gasteiger partial charge in [0.15, 0.2) is 0 Å². The molecule has 184 valence electrons. The zero-order valence-corrected chi connectivity index (χ0v) is 21.1. The summed E-state index contributed by atoms with van der Waals surface area (Å²) < 4.78 is 0. The van der Waals surface area contributed by atoms with Crippen LogP contribution in [0.1, 0.15) is 28.8 Å². The Hall–Kier alpha value is -3.83. The molecule has 1 amide bonds. The summed E-state index contributed by atoms with van der Waals surface area (Å²) in [5, 5.41) is 30.1. The van der Waals surface area contributed by atoms with Gasteiger partial charge in [-0.2, -0.15) is 5.26 Å². The minimum Gasteiger partial charge on any atom is -0.508 e. The van der Waals surface area contributed by atoms with Crippen LogP contribution in [0.2, 0.25) is 5.02 Å². The first-order valence-corrected chi connectivity index (χ1v) is 13.0. The molecule has 6 nitrogen and oxygen atoms in total. The monoisotopic (exact) mass is 527 g/mol. The summed E-state index contributed by atoms with van der Waals surface area (Å²) in [5.41, 5.74) is 4.20. The number of nitrogens with zero attached hydrogens (tertiary/aromatic N) is 3. The van der Waals surface area contributed by atoms with Crippen LogP contribution in [0, 0.1) is 11.3 Å². The predicted octanol–water partition coefficient (Wildman–Crippen LogP) is 5.90. The number of halogens is 1. The summed E-state index contributed by atoms with van der Waals surface area (Å²) in [6, 6.07) is 26.6. The molecule has 0 radical (unpaired) electrons. The molecule has 3 atom stereocenters. The first kappa shape index (κ1) is 24.8. The van der Waals surface area contributed by atoms with E-state index in [1.54, 1.807) is 59.6 Å². The van der Waals surface area contributed by atoms with Gasteiger partial charge in [-0.25, -0.2) is 0 Å². The third kappa shape index (κ3) is 5.05. The molecule has 8 heteroatoms. The maximum absolute atomic E-state index is 13.4. The average molecular weight is 528 g/mol. The number of hydrogen-bond acceptors (Lipinski definition) is 6. The Labute approximate surface area is 223 Å². The maximum atomic E-state index is 13.4. The lowest BCUT2D eigenvalue weighted by Crippen LogP contribution is -2.57. The fourth-order valence-electron chi connectivity index (χ4n) is 4.39. The third-order valence-electron chi connectivity index (χ3n) is 6.32. The van der Waals surface area contributed by atoms with E-state index in [2.05, 4.69) is 11.1 Å². The Morgan fingerprint density at radius 1 is 1.03 bits per heavy atom. The first-order valence-electron chi connectivity index (χ1n) is 11.6. The number of β-lactam (4-membered cyclic amide) rings is 1. The molecule has 0 spiro atoms. The van der Waals surface area contributed by atoms with E-state index in [1.165, 1.54) is 11.8 Å². The van der Waals surface area contributed by atoms with Crippen molar-refractivity contribution in [2.24, 2.45) is 0 Å². The number of pyridine rings is 1. The number of aromatic nitrogens is 1.